The third kappa shape index (κ3) is 3.44. The Morgan fingerprint density at radius 3 is 2.88 bits per heavy atom. The van der Waals surface area contributed by atoms with Crippen LogP contribution in [0.1, 0.15) is 24.6 Å². The molecule has 0 amide bonds. The van der Waals surface area contributed by atoms with E-state index in [9.17, 15) is 0 Å². The van der Waals surface area contributed by atoms with Gasteiger partial charge in [0, 0.05) is 61.8 Å². The van der Waals surface area contributed by atoms with Gasteiger partial charge in [0.2, 0.25) is 0 Å². The molecular weight excluding hydrogens is 322 g/mol. The van der Waals surface area contributed by atoms with E-state index in [1.165, 1.54) is 29.7 Å². The average Bonchev–Trinajstić information content (AvgIpc) is 3.15. The maximum absolute atomic E-state index is 4.71. The minimum absolute atomic E-state index is 0.479. The van der Waals surface area contributed by atoms with Crippen LogP contribution in [0.15, 0.2) is 48.9 Å². The first-order valence-electron chi connectivity index (χ1n) is 9.47. The molecule has 5 heteroatoms. The van der Waals surface area contributed by atoms with Crippen LogP contribution in [0.25, 0.3) is 10.9 Å². The van der Waals surface area contributed by atoms with Crippen molar-refractivity contribution in [3.8, 4) is 0 Å². The van der Waals surface area contributed by atoms with E-state index in [0.717, 1.165) is 31.7 Å². The Morgan fingerprint density at radius 1 is 1.12 bits per heavy atom. The predicted molar refractivity (Wildman–Crippen MR) is 107 cm³/mol. The highest BCUT2D eigenvalue weighted by Crippen LogP contribution is 2.32. The van der Waals surface area contributed by atoms with E-state index in [-0.39, 0.29) is 0 Å². The highest BCUT2D eigenvalue weighted by molar-refractivity contribution is 5.91. The molecule has 0 spiro atoms. The topological polar surface area (TPSA) is 37.2 Å². The number of hydrogen-bond donors (Lipinski definition) is 0. The van der Waals surface area contributed by atoms with Crippen LogP contribution in [0.5, 0.6) is 0 Å². The van der Waals surface area contributed by atoms with Gasteiger partial charge in [0.15, 0.2) is 0 Å². The second-order valence-corrected chi connectivity index (χ2v) is 7.41. The zero-order chi connectivity index (χ0) is 17.9. The standard InChI is InChI=1S/C21H27N5/c1-24(2)14-15-25-13-11-23-21(25)17-6-5-12-26(16-17)20-9-10-22-19-8-4-3-7-18(19)20/h3-4,7-11,13,17H,5-6,12,14-16H2,1-2H3/t17-/m0/s1. The smallest absolute Gasteiger partial charge is 0.113 e. The molecule has 0 aliphatic carbocycles. The van der Waals surface area contributed by atoms with Crippen molar-refractivity contribution in [2.75, 3.05) is 38.6 Å². The van der Waals surface area contributed by atoms with Crippen molar-refractivity contribution < 1.29 is 0 Å². The molecule has 1 fully saturated rings. The zero-order valence-corrected chi connectivity index (χ0v) is 15.7. The number of nitrogens with zero attached hydrogens (tertiary/aromatic N) is 5. The fourth-order valence-corrected chi connectivity index (χ4v) is 3.94. The summed E-state index contributed by atoms with van der Waals surface area (Å²) in [4.78, 5) is 14.0. The molecule has 1 aliphatic rings. The minimum atomic E-state index is 0.479. The number of pyridine rings is 1. The molecule has 3 aromatic rings. The number of hydrogen-bond acceptors (Lipinski definition) is 4. The van der Waals surface area contributed by atoms with Gasteiger partial charge in [-0.1, -0.05) is 18.2 Å². The summed E-state index contributed by atoms with van der Waals surface area (Å²) in [5, 5.41) is 1.24. The van der Waals surface area contributed by atoms with Gasteiger partial charge in [-0.15, -0.1) is 0 Å². The Balaban J connectivity index is 1.58. The maximum atomic E-state index is 4.71. The molecule has 1 saturated heterocycles. The summed E-state index contributed by atoms with van der Waals surface area (Å²) in [6.07, 6.45) is 8.41. The molecule has 3 heterocycles. The first kappa shape index (κ1) is 17.0. The second-order valence-electron chi connectivity index (χ2n) is 7.41. The number of para-hydroxylation sites is 1. The molecule has 0 bridgehead atoms. The Hall–Kier alpha value is -2.40. The lowest BCUT2D eigenvalue weighted by Gasteiger charge is -2.35. The van der Waals surface area contributed by atoms with Crippen molar-refractivity contribution in [1.29, 1.82) is 0 Å². The molecule has 4 rings (SSSR count). The van der Waals surface area contributed by atoms with Crippen LogP contribution in [0.3, 0.4) is 0 Å². The van der Waals surface area contributed by atoms with Crippen LogP contribution < -0.4 is 4.90 Å². The summed E-state index contributed by atoms with van der Waals surface area (Å²) < 4.78 is 2.33. The van der Waals surface area contributed by atoms with Gasteiger partial charge in [0.1, 0.15) is 5.82 Å². The number of anilines is 1. The van der Waals surface area contributed by atoms with Crippen LogP contribution >= 0.6 is 0 Å². The number of piperidine rings is 1. The van der Waals surface area contributed by atoms with Gasteiger partial charge in [-0.2, -0.15) is 0 Å². The van der Waals surface area contributed by atoms with Crippen LogP contribution in [0, 0.1) is 0 Å². The third-order valence-electron chi connectivity index (χ3n) is 5.29. The van der Waals surface area contributed by atoms with Crippen LogP contribution in [0.4, 0.5) is 5.69 Å². The lowest BCUT2D eigenvalue weighted by Crippen LogP contribution is -2.35. The molecule has 5 nitrogen and oxygen atoms in total. The Labute approximate surface area is 155 Å². The number of likely N-dealkylation sites (N-methyl/N-ethyl adjacent to an activating group) is 1. The molecule has 26 heavy (non-hydrogen) atoms. The number of aromatic nitrogens is 3. The van der Waals surface area contributed by atoms with E-state index in [4.69, 9.17) is 4.98 Å². The summed E-state index contributed by atoms with van der Waals surface area (Å²) >= 11 is 0. The van der Waals surface area contributed by atoms with Gasteiger partial charge in [-0.05, 0) is 39.1 Å². The summed E-state index contributed by atoms with van der Waals surface area (Å²) in [5.74, 6) is 1.71. The maximum Gasteiger partial charge on any atom is 0.113 e. The van der Waals surface area contributed by atoms with Crippen molar-refractivity contribution >= 4 is 16.6 Å². The Bertz CT molecular complexity index is 864. The molecular formula is C21H27N5. The highest BCUT2D eigenvalue weighted by atomic mass is 15.2. The lowest BCUT2D eigenvalue weighted by atomic mass is 9.96. The lowest BCUT2D eigenvalue weighted by molar-refractivity contribution is 0.373. The summed E-state index contributed by atoms with van der Waals surface area (Å²) in [7, 11) is 4.24. The van der Waals surface area contributed by atoms with Crippen molar-refractivity contribution in [3.63, 3.8) is 0 Å². The van der Waals surface area contributed by atoms with Gasteiger partial charge >= 0.3 is 0 Å². The first-order chi connectivity index (χ1) is 12.7. The van der Waals surface area contributed by atoms with E-state index in [0.29, 0.717) is 5.92 Å². The highest BCUT2D eigenvalue weighted by Gasteiger charge is 2.25. The Morgan fingerprint density at radius 2 is 2.00 bits per heavy atom. The molecule has 0 unspecified atom stereocenters. The predicted octanol–water partition coefficient (Wildman–Crippen LogP) is 3.38. The van der Waals surface area contributed by atoms with Gasteiger partial charge in [-0.25, -0.2) is 4.98 Å². The zero-order valence-electron chi connectivity index (χ0n) is 15.7. The van der Waals surface area contributed by atoms with Gasteiger partial charge in [0.25, 0.3) is 0 Å². The fourth-order valence-electron chi connectivity index (χ4n) is 3.94. The van der Waals surface area contributed by atoms with Crippen molar-refractivity contribution in [1.82, 2.24) is 19.4 Å². The van der Waals surface area contributed by atoms with Crippen LogP contribution in [-0.4, -0.2) is 53.2 Å². The molecule has 0 N–H and O–H groups in total. The number of imidazole rings is 1. The van der Waals surface area contributed by atoms with Gasteiger partial charge in [0.05, 0.1) is 5.52 Å². The summed E-state index contributed by atoms with van der Waals surface area (Å²) in [5.41, 5.74) is 2.37. The minimum Gasteiger partial charge on any atom is -0.370 e. The first-order valence-corrected chi connectivity index (χ1v) is 9.47. The van der Waals surface area contributed by atoms with E-state index in [1.807, 2.05) is 12.4 Å². The molecule has 1 atom stereocenters. The molecule has 1 aromatic carbocycles. The molecule has 1 aliphatic heterocycles. The second kappa shape index (κ2) is 7.46. The van der Waals surface area contributed by atoms with E-state index in [1.54, 1.807) is 0 Å². The molecule has 136 valence electrons. The molecule has 0 radical (unpaired) electrons. The number of rotatable bonds is 5. The number of benzene rings is 1. The fraction of sp³-hybridized carbons (Fsp3) is 0.429. The average molecular weight is 349 g/mol. The van der Waals surface area contributed by atoms with E-state index >= 15 is 0 Å². The van der Waals surface area contributed by atoms with Gasteiger partial charge in [-0.3, -0.25) is 4.98 Å². The van der Waals surface area contributed by atoms with E-state index < -0.39 is 0 Å². The molecule has 2 aromatic heterocycles. The monoisotopic (exact) mass is 349 g/mol. The Kier molecular flexibility index (Phi) is 4.89. The van der Waals surface area contributed by atoms with Crippen molar-refractivity contribution in [2.45, 2.75) is 25.3 Å². The normalized spacial score (nSPS) is 18.0. The number of fused-ring (bicyclic) bond motifs is 1. The van der Waals surface area contributed by atoms with Gasteiger partial charge < -0.3 is 14.4 Å². The van der Waals surface area contributed by atoms with Crippen molar-refractivity contribution in [3.05, 3.63) is 54.7 Å². The SMILES string of the molecule is CN(C)CCn1ccnc1[C@H]1CCCN(c2ccnc3ccccc23)C1. The largest absolute Gasteiger partial charge is 0.370 e. The summed E-state index contributed by atoms with van der Waals surface area (Å²) in [6, 6.07) is 10.6. The van der Waals surface area contributed by atoms with E-state index in [2.05, 4.69) is 70.0 Å². The molecule has 0 saturated carbocycles. The van der Waals surface area contributed by atoms with Crippen LogP contribution in [0.2, 0.25) is 0 Å². The quantitative estimate of drug-likeness (QED) is 0.708. The third-order valence-corrected chi connectivity index (χ3v) is 5.29. The summed E-state index contributed by atoms with van der Waals surface area (Å²) in [6.45, 7) is 4.15. The van der Waals surface area contributed by atoms with Crippen molar-refractivity contribution in [2.24, 2.45) is 0 Å². The van der Waals surface area contributed by atoms with Crippen LogP contribution in [-0.2, 0) is 6.54 Å².